The van der Waals surface area contributed by atoms with E-state index in [0.717, 1.165) is 46.8 Å². The van der Waals surface area contributed by atoms with E-state index in [1.165, 1.54) is 6.26 Å². The van der Waals surface area contributed by atoms with Gasteiger partial charge >= 0.3 is 0 Å². The molecule has 0 saturated carbocycles. The molecule has 1 N–H and O–H groups in total. The zero-order valence-corrected chi connectivity index (χ0v) is 15.2. The molecule has 0 amide bonds. The lowest BCUT2D eigenvalue weighted by Gasteiger charge is -2.09. The summed E-state index contributed by atoms with van der Waals surface area (Å²) in [5, 5.41) is 6.45. The van der Waals surface area contributed by atoms with Crippen LogP contribution < -0.4 is 5.32 Å². The fourth-order valence-electron chi connectivity index (χ4n) is 2.42. The van der Waals surface area contributed by atoms with E-state index in [1.807, 2.05) is 30.5 Å². The number of fused-ring (bicyclic) bond motifs is 1. The molecular weight excluding hydrogens is 342 g/mol. The fourth-order valence-corrected chi connectivity index (χ4v) is 3.83. The van der Waals surface area contributed by atoms with Crippen molar-refractivity contribution in [1.29, 1.82) is 0 Å². The molecule has 0 bridgehead atoms. The van der Waals surface area contributed by atoms with Crippen LogP contribution in [0.3, 0.4) is 0 Å². The smallest absolute Gasteiger partial charge is 0.175 e. The van der Waals surface area contributed by atoms with Crippen LogP contribution in [0.25, 0.3) is 10.2 Å². The molecule has 126 valence electrons. The van der Waals surface area contributed by atoms with E-state index in [2.05, 4.69) is 15.3 Å². The Morgan fingerprint density at radius 1 is 1.12 bits per heavy atom. The van der Waals surface area contributed by atoms with E-state index in [0.29, 0.717) is 4.90 Å². The van der Waals surface area contributed by atoms with E-state index in [1.54, 1.807) is 23.5 Å². The lowest BCUT2D eigenvalue weighted by atomic mass is 10.1. The average molecular weight is 361 g/mol. The van der Waals surface area contributed by atoms with Crippen molar-refractivity contribution in [3.8, 4) is 0 Å². The highest BCUT2D eigenvalue weighted by Gasteiger charge is 2.08. The van der Waals surface area contributed by atoms with Crippen LogP contribution in [0.15, 0.2) is 40.6 Å². The van der Waals surface area contributed by atoms with Crippen molar-refractivity contribution in [2.75, 3.05) is 18.1 Å². The molecule has 7 heteroatoms. The predicted molar refractivity (Wildman–Crippen MR) is 98.5 cm³/mol. The molecule has 0 saturated heterocycles. The molecule has 5 nitrogen and oxygen atoms in total. The second kappa shape index (κ2) is 6.86. The number of nitrogens with zero attached hydrogens (tertiary/aromatic N) is 2. The number of hydrogen-bond donors (Lipinski definition) is 1. The Hall–Kier alpha value is -1.99. The Balaban J connectivity index is 1.69. The molecule has 1 aromatic carbocycles. The van der Waals surface area contributed by atoms with Crippen molar-refractivity contribution < 1.29 is 8.42 Å². The fraction of sp³-hybridized carbons (Fsp3) is 0.294. The second-order valence-electron chi connectivity index (χ2n) is 5.57. The molecule has 2 heterocycles. The largest absolute Gasteiger partial charge is 0.369 e. The first-order valence-electron chi connectivity index (χ1n) is 7.74. The third-order valence-corrected chi connectivity index (χ3v) is 5.68. The summed E-state index contributed by atoms with van der Waals surface area (Å²) in [7, 11) is -3.14. The van der Waals surface area contributed by atoms with E-state index in [-0.39, 0.29) is 0 Å². The molecule has 0 spiro atoms. The minimum atomic E-state index is -3.14. The Labute approximate surface area is 145 Å². The lowest BCUT2D eigenvalue weighted by molar-refractivity contribution is 0.602. The number of sulfone groups is 1. The van der Waals surface area contributed by atoms with Gasteiger partial charge in [-0.05, 0) is 35.6 Å². The first kappa shape index (κ1) is 16.9. The molecule has 0 unspecified atom stereocenters. The Bertz CT molecular complexity index is 948. The number of rotatable bonds is 6. The van der Waals surface area contributed by atoms with Crippen molar-refractivity contribution in [2.24, 2.45) is 0 Å². The zero-order valence-electron chi connectivity index (χ0n) is 13.6. The maximum atomic E-state index is 11.5. The summed E-state index contributed by atoms with van der Waals surface area (Å²) in [6.45, 7) is 2.77. The van der Waals surface area contributed by atoms with Gasteiger partial charge < -0.3 is 5.32 Å². The second-order valence-corrected chi connectivity index (χ2v) is 8.48. The molecule has 3 rings (SSSR count). The molecule has 0 aliphatic rings. The summed E-state index contributed by atoms with van der Waals surface area (Å²) in [6.07, 6.45) is 2.81. The maximum Gasteiger partial charge on any atom is 0.175 e. The molecule has 0 atom stereocenters. The van der Waals surface area contributed by atoms with Crippen LogP contribution in [0.2, 0.25) is 0 Å². The van der Waals surface area contributed by atoms with Crippen LogP contribution in [0.5, 0.6) is 0 Å². The first-order valence-corrected chi connectivity index (χ1v) is 10.5. The van der Waals surface area contributed by atoms with Crippen LogP contribution in [0, 0.1) is 0 Å². The highest BCUT2D eigenvalue weighted by Crippen LogP contribution is 2.25. The maximum absolute atomic E-state index is 11.5. The van der Waals surface area contributed by atoms with Crippen LogP contribution in [0.1, 0.15) is 18.3 Å². The van der Waals surface area contributed by atoms with E-state index < -0.39 is 9.84 Å². The Kier molecular flexibility index (Phi) is 4.82. The van der Waals surface area contributed by atoms with Gasteiger partial charge in [-0.2, -0.15) is 0 Å². The van der Waals surface area contributed by atoms with Crippen molar-refractivity contribution >= 4 is 37.2 Å². The van der Waals surface area contributed by atoms with Gasteiger partial charge in [0.15, 0.2) is 9.84 Å². The van der Waals surface area contributed by atoms with Gasteiger partial charge in [0, 0.05) is 19.2 Å². The van der Waals surface area contributed by atoms with E-state index in [4.69, 9.17) is 0 Å². The van der Waals surface area contributed by atoms with E-state index in [9.17, 15) is 8.42 Å². The van der Waals surface area contributed by atoms with Gasteiger partial charge in [-0.1, -0.05) is 19.1 Å². The van der Waals surface area contributed by atoms with Crippen LogP contribution in [-0.4, -0.2) is 31.2 Å². The molecular formula is C17H19N3O2S2. The number of thiophene rings is 1. The van der Waals surface area contributed by atoms with Gasteiger partial charge in [0.2, 0.25) is 0 Å². The number of benzene rings is 1. The van der Waals surface area contributed by atoms with Gasteiger partial charge in [-0.25, -0.2) is 18.4 Å². The third kappa shape index (κ3) is 3.73. The van der Waals surface area contributed by atoms with Crippen LogP contribution in [-0.2, 0) is 22.7 Å². The van der Waals surface area contributed by atoms with Gasteiger partial charge in [0.05, 0.1) is 10.3 Å². The quantitative estimate of drug-likeness (QED) is 0.729. The van der Waals surface area contributed by atoms with Crippen molar-refractivity contribution in [3.05, 3.63) is 47.1 Å². The van der Waals surface area contributed by atoms with Crippen LogP contribution >= 0.6 is 11.3 Å². The molecule has 0 aliphatic heterocycles. The summed E-state index contributed by atoms with van der Waals surface area (Å²) in [5.74, 6) is 1.70. The number of hydrogen-bond acceptors (Lipinski definition) is 6. The minimum absolute atomic E-state index is 0.350. The van der Waals surface area contributed by atoms with E-state index >= 15 is 0 Å². The summed E-state index contributed by atoms with van der Waals surface area (Å²) in [4.78, 5) is 10.4. The van der Waals surface area contributed by atoms with Gasteiger partial charge in [-0.3, -0.25) is 0 Å². The van der Waals surface area contributed by atoms with Gasteiger partial charge in [-0.15, -0.1) is 11.3 Å². The third-order valence-electron chi connectivity index (χ3n) is 3.75. The average Bonchev–Trinajstić information content (AvgIpc) is 3.03. The predicted octanol–water partition coefficient (Wildman–Crippen LogP) is 3.31. The van der Waals surface area contributed by atoms with Crippen molar-refractivity contribution in [2.45, 2.75) is 24.7 Å². The minimum Gasteiger partial charge on any atom is -0.369 e. The van der Waals surface area contributed by atoms with Gasteiger partial charge in [0.25, 0.3) is 0 Å². The normalized spacial score (nSPS) is 11.8. The number of nitrogens with one attached hydrogen (secondary N) is 1. The standard InChI is InChI=1S/C17H19N3O2S2/c1-3-15-19-16(14-9-11-23-17(14)20-15)18-10-8-12-4-6-13(7-5-12)24(2,21)22/h4-7,9,11H,3,8,10H2,1-2H3,(H,18,19,20). The molecule has 24 heavy (non-hydrogen) atoms. The molecule has 0 radical (unpaired) electrons. The summed E-state index contributed by atoms with van der Waals surface area (Å²) in [6, 6.07) is 9.05. The highest BCUT2D eigenvalue weighted by molar-refractivity contribution is 7.90. The summed E-state index contributed by atoms with van der Waals surface area (Å²) in [5.41, 5.74) is 1.08. The number of aryl methyl sites for hydroxylation is 1. The summed E-state index contributed by atoms with van der Waals surface area (Å²) >= 11 is 1.62. The first-order chi connectivity index (χ1) is 11.5. The molecule has 0 fully saturated rings. The number of aromatic nitrogens is 2. The van der Waals surface area contributed by atoms with Crippen molar-refractivity contribution in [3.63, 3.8) is 0 Å². The monoisotopic (exact) mass is 361 g/mol. The summed E-state index contributed by atoms with van der Waals surface area (Å²) < 4.78 is 23.0. The molecule has 2 aromatic heterocycles. The van der Waals surface area contributed by atoms with Crippen LogP contribution in [0.4, 0.5) is 5.82 Å². The topological polar surface area (TPSA) is 72.0 Å². The lowest BCUT2D eigenvalue weighted by Crippen LogP contribution is -2.08. The SMILES string of the molecule is CCc1nc(NCCc2ccc(S(C)(=O)=O)cc2)c2ccsc2n1. The Morgan fingerprint density at radius 2 is 1.88 bits per heavy atom. The number of anilines is 1. The zero-order chi connectivity index (χ0) is 17.2. The molecule has 0 aliphatic carbocycles. The molecule has 3 aromatic rings. The van der Waals surface area contributed by atoms with Gasteiger partial charge in [0.1, 0.15) is 16.5 Å². The highest BCUT2D eigenvalue weighted by atomic mass is 32.2. The van der Waals surface area contributed by atoms with Crippen molar-refractivity contribution in [1.82, 2.24) is 9.97 Å². The Morgan fingerprint density at radius 3 is 2.54 bits per heavy atom.